The third-order valence-electron chi connectivity index (χ3n) is 2.18. The van der Waals surface area contributed by atoms with Crippen LogP contribution in [0.3, 0.4) is 0 Å². The number of piperidine rings is 1. The average molecular weight is 141 g/mol. The minimum absolute atomic E-state index is 0.272. The van der Waals surface area contributed by atoms with Crippen molar-refractivity contribution >= 4 is 5.91 Å². The lowest BCUT2D eigenvalue weighted by atomic mass is 9.99. The van der Waals surface area contributed by atoms with E-state index >= 15 is 0 Å². The molecule has 0 aromatic carbocycles. The van der Waals surface area contributed by atoms with E-state index in [1.54, 1.807) is 0 Å². The van der Waals surface area contributed by atoms with Gasteiger partial charge in [-0.2, -0.15) is 0 Å². The van der Waals surface area contributed by atoms with E-state index in [2.05, 4.69) is 0 Å². The Kier molecular flexibility index (Phi) is 2.30. The highest BCUT2D eigenvalue weighted by atomic mass is 16.2. The van der Waals surface area contributed by atoms with Gasteiger partial charge in [-0.25, -0.2) is 0 Å². The minimum Gasteiger partial charge on any atom is -0.343 e. The summed E-state index contributed by atoms with van der Waals surface area (Å²) in [5.74, 6) is 0.613. The second-order valence-corrected chi connectivity index (χ2v) is 2.96. The molecular formula is C8H15NO. The van der Waals surface area contributed by atoms with Crippen molar-refractivity contribution in [2.24, 2.45) is 5.92 Å². The van der Waals surface area contributed by atoms with Crippen LogP contribution < -0.4 is 0 Å². The van der Waals surface area contributed by atoms with E-state index in [0.717, 1.165) is 19.5 Å². The average Bonchev–Trinajstić information content (AvgIpc) is 1.95. The summed E-state index contributed by atoms with van der Waals surface area (Å²) in [7, 11) is 0. The number of hydrogen-bond acceptors (Lipinski definition) is 1. The van der Waals surface area contributed by atoms with Crippen LogP contribution in [0.1, 0.15) is 26.7 Å². The van der Waals surface area contributed by atoms with Crippen LogP contribution in [0.2, 0.25) is 0 Å². The number of amides is 1. The molecule has 58 valence electrons. The van der Waals surface area contributed by atoms with Gasteiger partial charge in [0.25, 0.3) is 0 Å². The number of carbonyl (C=O) groups is 1. The summed E-state index contributed by atoms with van der Waals surface area (Å²) in [5.41, 5.74) is 0. The van der Waals surface area contributed by atoms with E-state index < -0.39 is 0 Å². The first-order valence-electron chi connectivity index (χ1n) is 4.04. The number of nitrogens with zero attached hydrogens (tertiary/aromatic N) is 1. The molecule has 0 spiro atoms. The fourth-order valence-electron chi connectivity index (χ4n) is 1.45. The van der Waals surface area contributed by atoms with Gasteiger partial charge in [0.1, 0.15) is 0 Å². The normalized spacial score (nSPS) is 27.2. The molecule has 1 atom stereocenters. The molecule has 1 aliphatic heterocycles. The van der Waals surface area contributed by atoms with E-state index in [0.29, 0.717) is 5.91 Å². The molecule has 1 rings (SSSR count). The highest BCUT2D eigenvalue weighted by Crippen LogP contribution is 2.16. The van der Waals surface area contributed by atoms with Crippen LogP contribution in [0, 0.1) is 5.92 Å². The Bertz CT molecular complexity index is 133. The van der Waals surface area contributed by atoms with Crippen molar-refractivity contribution in [2.75, 3.05) is 13.1 Å². The zero-order valence-electron chi connectivity index (χ0n) is 6.76. The van der Waals surface area contributed by atoms with Crippen LogP contribution in [0.25, 0.3) is 0 Å². The monoisotopic (exact) mass is 141 g/mol. The summed E-state index contributed by atoms with van der Waals surface area (Å²) >= 11 is 0. The van der Waals surface area contributed by atoms with E-state index in [1.165, 1.54) is 6.42 Å². The van der Waals surface area contributed by atoms with Gasteiger partial charge in [-0.05, 0) is 19.8 Å². The highest BCUT2D eigenvalue weighted by molar-refractivity contribution is 5.79. The molecule has 1 heterocycles. The van der Waals surface area contributed by atoms with Gasteiger partial charge in [0.15, 0.2) is 0 Å². The summed E-state index contributed by atoms with van der Waals surface area (Å²) in [6.45, 7) is 5.91. The van der Waals surface area contributed by atoms with Crippen molar-refractivity contribution < 1.29 is 4.79 Å². The molecule has 1 saturated heterocycles. The molecule has 0 aliphatic carbocycles. The predicted molar refractivity (Wildman–Crippen MR) is 40.7 cm³/mol. The highest BCUT2D eigenvalue weighted by Gasteiger charge is 2.22. The second kappa shape index (κ2) is 3.04. The minimum atomic E-state index is 0.272. The summed E-state index contributed by atoms with van der Waals surface area (Å²) in [4.78, 5) is 13.2. The molecule has 0 aromatic rings. The van der Waals surface area contributed by atoms with Crippen molar-refractivity contribution in [1.82, 2.24) is 4.90 Å². The standard InChI is InChI=1S/C8H15NO/c1-3-9-6-4-5-7(2)8(9)10/h7H,3-6H2,1-2H3. The van der Waals surface area contributed by atoms with Gasteiger partial charge in [-0.1, -0.05) is 6.92 Å². The van der Waals surface area contributed by atoms with Crippen LogP contribution in [0.15, 0.2) is 0 Å². The third kappa shape index (κ3) is 1.31. The molecule has 2 heteroatoms. The van der Waals surface area contributed by atoms with Crippen molar-refractivity contribution in [2.45, 2.75) is 26.7 Å². The van der Waals surface area contributed by atoms with Gasteiger partial charge in [0.05, 0.1) is 0 Å². The number of carbonyl (C=O) groups excluding carboxylic acids is 1. The molecule has 1 amide bonds. The lowest BCUT2D eigenvalue weighted by Crippen LogP contribution is -2.39. The van der Waals surface area contributed by atoms with Gasteiger partial charge in [-0.3, -0.25) is 4.79 Å². The SMILES string of the molecule is CCN1CCCC(C)C1=O. The molecule has 0 bridgehead atoms. The van der Waals surface area contributed by atoms with Gasteiger partial charge >= 0.3 is 0 Å². The van der Waals surface area contributed by atoms with Crippen LogP contribution in [-0.2, 0) is 4.79 Å². The first kappa shape index (κ1) is 7.58. The lowest BCUT2D eigenvalue weighted by Gasteiger charge is -2.29. The Morgan fingerprint density at radius 1 is 1.70 bits per heavy atom. The van der Waals surface area contributed by atoms with Crippen molar-refractivity contribution in [3.05, 3.63) is 0 Å². The van der Waals surface area contributed by atoms with Crippen LogP contribution in [0.5, 0.6) is 0 Å². The maximum Gasteiger partial charge on any atom is 0.225 e. The molecule has 1 aliphatic rings. The van der Waals surface area contributed by atoms with Gasteiger partial charge < -0.3 is 4.90 Å². The quantitative estimate of drug-likeness (QED) is 0.538. The molecule has 10 heavy (non-hydrogen) atoms. The predicted octanol–water partition coefficient (Wildman–Crippen LogP) is 1.26. The topological polar surface area (TPSA) is 20.3 Å². The van der Waals surface area contributed by atoms with Crippen molar-refractivity contribution in [3.63, 3.8) is 0 Å². The summed E-state index contributed by atoms with van der Waals surface area (Å²) in [5, 5.41) is 0. The Morgan fingerprint density at radius 3 is 2.90 bits per heavy atom. The van der Waals surface area contributed by atoms with E-state index in [9.17, 15) is 4.79 Å². The first-order valence-corrected chi connectivity index (χ1v) is 4.04. The Morgan fingerprint density at radius 2 is 2.40 bits per heavy atom. The smallest absolute Gasteiger partial charge is 0.225 e. The summed E-state index contributed by atoms with van der Waals surface area (Å²) < 4.78 is 0. The third-order valence-corrected chi connectivity index (χ3v) is 2.18. The maximum absolute atomic E-state index is 11.3. The first-order chi connectivity index (χ1) is 4.75. The van der Waals surface area contributed by atoms with Crippen LogP contribution in [0.4, 0.5) is 0 Å². The fourth-order valence-corrected chi connectivity index (χ4v) is 1.45. The second-order valence-electron chi connectivity index (χ2n) is 2.96. The van der Waals surface area contributed by atoms with E-state index in [1.807, 2.05) is 18.7 Å². The largest absolute Gasteiger partial charge is 0.343 e. The van der Waals surface area contributed by atoms with E-state index in [-0.39, 0.29) is 5.92 Å². The molecule has 1 fully saturated rings. The fraction of sp³-hybridized carbons (Fsp3) is 0.875. The maximum atomic E-state index is 11.3. The number of rotatable bonds is 1. The van der Waals surface area contributed by atoms with Crippen molar-refractivity contribution in [3.8, 4) is 0 Å². The van der Waals surface area contributed by atoms with Crippen molar-refractivity contribution in [1.29, 1.82) is 0 Å². The summed E-state index contributed by atoms with van der Waals surface area (Å²) in [6, 6.07) is 0. The Hall–Kier alpha value is -0.530. The van der Waals surface area contributed by atoms with Crippen LogP contribution >= 0.6 is 0 Å². The molecule has 0 aromatic heterocycles. The molecule has 2 nitrogen and oxygen atoms in total. The van der Waals surface area contributed by atoms with Gasteiger partial charge in [0.2, 0.25) is 5.91 Å². The van der Waals surface area contributed by atoms with Gasteiger partial charge in [-0.15, -0.1) is 0 Å². The number of likely N-dealkylation sites (tertiary alicyclic amines) is 1. The molecule has 0 saturated carbocycles. The molecule has 1 unspecified atom stereocenters. The van der Waals surface area contributed by atoms with Crippen LogP contribution in [-0.4, -0.2) is 23.9 Å². The molecule has 0 N–H and O–H groups in total. The lowest BCUT2D eigenvalue weighted by molar-refractivity contribution is -0.137. The molecular weight excluding hydrogens is 126 g/mol. The van der Waals surface area contributed by atoms with E-state index in [4.69, 9.17) is 0 Å². The zero-order valence-corrected chi connectivity index (χ0v) is 6.76. The molecule has 0 radical (unpaired) electrons. The number of hydrogen-bond donors (Lipinski definition) is 0. The van der Waals surface area contributed by atoms with Gasteiger partial charge in [0, 0.05) is 19.0 Å². The Balaban J connectivity index is 2.51. The zero-order chi connectivity index (χ0) is 7.56. The Labute approximate surface area is 62.2 Å². The summed E-state index contributed by atoms with van der Waals surface area (Å²) in [6.07, 6.45) is 2.26.